The zero-order chi connectivity index (χ0) is 15.1. The van der Waals surface area contributed by atoms with Crippen LogP contribution in [0.3, 0.4) is 0 Å². The van der Waals surface area contributed by atoms with Crippen molar-refractivity contribution in [2.75, 3.05) is 15.5 Å². The van der Waals surface area contributed by atoms with Crippen molar-refractivity contribution in [3.05, 3.63) is 6.07 Å². The number of anilines is 3. The first-order valence-corrected chi connectivity index (χ1v) is 6.33. The summed E-state index contributed by atoms with van der Waals surface area (Å²) < 4.78 is 0. The Labute approximate surface area is 118 Å². The van der Waals surface area contributed by atoms with Crippen LogP contribution in [-0.4, -0.2) is 33.6 Å². The van der Waals surface area contributed by atoms with E-state index in [0.717, 1.165) is 9.80 Å². The Hall–Kier alpha value is -2.84. The third-order valence-electron chi connectivity index (χ3n) is 3.28. The van der Waals surface area contributed by atoms with Gasteiger partial charge in [-0.25, -0.2) is 9.80 Å². The van der Waals surface area contributed by atoms with E-state index in [2.05, 4.69) is 9.97 Å². The summed E-state index contributed by atoms with van der Waals surface area (Å²) in [6.07, 6.45) is 0.387. The molecule has 2 N–H and O–H groups in total. The standard InChI is InChI=1S/C12H11N5O4/c13-12-14-6(16-8(18)1-2-9(16)19)5-7(15-12)17-10(20)3-4-11(17)21/h5H,1-4H2,(H2,13,14,15). The van der Waals surface area contributed by atoms with E-state index in [-0.39, 0.29) is 43.3 Å². The molecule has 0 atom stereocenters. The van der Waals surface area contributed by atoms with Gasteiger partial charge in [0.25, 0.3) is 0 Å². The van der Waals surface area contributed by atoms with E-state index >= 15 is 0 Å². The van der Waals surface area contributed by atoms with Crippen LogP contribution >= 0.6 is 0 Å². The average molecular weight is 289 g/mol. The molecule has 0 aromatic carbocycles. The predicted molar refractivity (Wildman–Crippen MR) is 69.9 cm³/mol. The number of nitrogens with two attached hydrogens (primary N) is 1. The number of hydrogen-bond acceptors (Lipinski definition) is 7. The Bertz CT molecular complexity index is 600. The first-order chi connectivity index (χ1) is 9.97. The fraction of sp³-hybridized carbons (Fsp3) is 0.333. The van der Waals surface area contributed by atoms with E-state index < -0.39 is 23.6 Å². The van der Waals surface area contributed by atoms with Gasteiger partial charge in [-0.05, 0) is 0 Å². The lowest BCUT2D eigenvalue weighted by Crippen LogP contribution is -2.32. The van der Waals surface area contributed by atoms with Crippen LogP contribution in [0.5, 0.6) is 0 Å². The molecule has 0 radical (unpaired) electrons. The van der Waals surface area contributed by atoms with Crippen molar-refractivity contribution in [3.8, 4) is 0 Å². The third kappa shape index (κ3) is 2.12. The highest BCUT2D eigenvalue weighted by Crippen LogP contribution is 2.27. The highest BCUT2D eigenvalue weighted by molar-refractivity contribution is 6.21. The lowest BCUT2D eigenvalue weighted by molar-refractivity contribution is -0.122. The van der Waals surface area contributed by atoms with Gasteiger partial charge in [-0.2, -0.15) is 9.97 Å². The van der Waals surface area contributed by atoms with Crippen LogP contribution in [0.25, 0.3) is 0 Å². The van der Waals surface area contributed by atoms with E-state index in [1.807, 2.05) is 0 Å². The molecular formula is C12H11N5O4. The van der Waals surface area contributed by atoms with Gasteiger partial charge in [0.1, 0.15) is 11.6 Å². The molecule has 9 heteroatoms. The molecule has 108 valence electrons. The second-order valence-corrected chi connectivity index (χ2v) is 4.69. The number of carbonyl (C=O) groups is 4. The molecule has 21 heavy (non-hydrogen) atoms. The molecular weight excluding hydrogens is 278 g/mol. The molecule has 0 unspecified atom stereocenters. The van der Waals surface area contributed by atoms with Gasteiger partial charge in [-0.3, -0.25) is 19.2 Å². The molecule has 9 nitrogen and oxygen atoms in total. The number of hydrogen-bond donors (Lipinski definition) is 1. The predicted octanol–water partition coefficient (Wildman–Crippen LogP) is -0.634. The minimum Gasteiger partial charge on any atom is -0.368 e. The fourth-order valence-electron chi connectivity index (χ4n) is 2.33. The summed E-state index contributed by atoms with van der Waals surface area (Å²) in [5.41, 5.74) is 5.56. The van der Waals surface area contributed by atoms with Crippen molar-refractivity contribution in [1.29, 1.82) is 0 Å². The van der Waals surface area contributed by atoms with E-state index in [0.29, 0.717) is 0 Å². The van der Waals surface area contributed by atoms with Crippen LogP contribution < -0.4 is 15.5 Å². The quantitative estimate of drug-likeness (QED) is 0.718. The number of amides is 4. The van der Waals surface area contributed by atoms with E-state index in [1.54, 1.807) is 0 Å². The van der Waals surface area contributed by atoms with Crippen LogP contribution in [0.1, 0.15) is 25.7 Å². The monoisotopic (exact) mass is 289 g/mol. The van der Waals surface area contributed by atoms with E-state index in [4.69, 9.17) is 5.73 Å². The molecule has 0 aliphatic carbocycles. The molecule has 2 saturated heterocycles. The maximum Gasteiger partial charge on any atom is 0.235 e. The maximum atomic E-state index is 11.7. The van der Waals surface area contributed by atoms with Crippen LogP contribution in [0, 0.1) is 0 Å². The Morgan fingerprint density at radius 1 is 0.762 bits per heavy atom. The van der Waals surface area contributed by atoms with E-state index in [1.165, 1.54) is 6.07 Å². The summed E-state index contributed by atoms with van der Waals surface area (Å²) in [6, 6.07) is 1.25. The highest BCUT2D eigenvalue weighted by Gasteiger charge is 2.35. The molecule has 2 aliphatic heterocycles. The van der Waals surface area contributed by atoms with Crippen LogP contribution in [0.2, 0.25) is 0 Å². The molecule has 3 heterocycles. The largest absolute Gasteiger partial charge is 0.368 e. The van der Waals surface area contributed by atoms with Gasteiger partial charge in [-0.1, -0.05) is 0 Å². The van der Waals surface area contributed by atoms with Crippen LogP contribution in [0.4, 0.5) is 17.6 Å². The van der Waals surface area contributed by atoms with Crippen molar-refractivity contribution >= 4 is 41.2 Å². The first kappa shape index (κ1) is 13.2. The number of imide groups is 2. The number of carbonyl (C=O) groups excluding carboxylic acids is 4. The molecule has 0 bridgehead atoms. The van der Waals surface area contributed by atoms with Crippen molar-refractivity contribution in [2.24, 2.45) is 0 Å². The van der Waals surface area contributed by atoms with Gasteiger partial charge in [0.05, 0.1) is 0 Å². The topological polar surface area (TPSA) is 127 Å². The molecule has 1 aromatic rings. The molecule has 2 fully saturated rings. The number of rotatable bonds is 2. The average Bonchev–Trinajstić information content (AvgIpc) is 2.92. The zero-order valence-electron chi connectivity index (χ0n) is 10.9. The van der Waals surface area contributed by atoms with Crippen LogP contribution in [0.15, 0.2) is 6.07 Å². The SMILES string of the molecule is Nc1nc(N2C(=O)CCC2=O)cc(N2C(=O)CCC2=O)n1. The summed E-state index contributed by atoms with van der Waals surface area (Å²) >= 11 is 0. The van der Waals surface area contributed by atoms with Gasteiger partial charge in [0.15, 0.2) is 0 Å². The first-order valence-electron chi connectivity index (χ1n) is 6.33. The molecule has 3 rings (SSSR count). The van der Waals surface area contributed by atoms with Crippen molar-refractivity contribution in [1.82, 2.24) is 9.97 Å². The molecule has 2 aliphatic rings. The normalized spacial score (nSPS) is 19.0. The zero-order valence-corrected chi connectivity index (χ0v) is 10.9. The van der Waals surface area contributed by atoms with Crippen LogP contribution in [-0.2, 0) is 19.2 Å². The lowest BCUT2D eigenvalue weighted by atomic mass is 10.4. The third-order valence-corrected chi connectivity index (χ3v) is 3.28. The Kier molecular flexibility index (Phi) is 2.89. The Morgan fingerprint density at radius 2 is 1.10 bits per heavy atom. The minimum atomic E-state index is -0.400. The smallest absolute Gasteiger partial charge is 0.235 e. The van der Waals surface area contributed by atoms with E-state index in [9.17, 15) is 19.2 Å². The molecule has 0 saturated carbocycles. The van der Waals surface area contributed by atoms with Gasteiger partial charge in [0.2, 0.25) is 29.6 Å². The highest BCUT2D eigenvalue weighted by atomic mass is 16.2. The minimum absolute atomic E-state index is 0.0162. The van der Waals surface area contributed by atoms with Gasteiger partial charge < -0.3 is 5.73 Å². The Morgan fingerprint density at radius 3 is 1.43 bits per heavy atom. The summed E-state index contributed by atoms with van der Waals surface area (Å²) in [5.74, 6) is -1.85. The maximum absolute atomic E-state index is 11.7. The van der Waals surface area contributed by atoms with Crippen molar-refractivity contribution in [3.63, 3.8) is 0 Å². The van der Waals surface area contributed by atoms with Gasteiger partial charge in [0, 0.05) is 31.7 Å². The summed E-state index contributed by atoms with van der Waals surface area (Å²) in [6.45, 7) is 0. The second kappa shape index (κ2) is 4.62. The fourth-order valence-corrected chi connectivity index (χ4v) is 2.33. The van der Waals surface area contributed by atoms with Crippen molar-refractivity contribution in [2.45, 2.75) is 25.7 Å². The Balaban J connectivity index is 2.04. The summed E-state index contributed by atoms with van der Waals surface area (Å²) in [4.78, 5) is 56.3. The molecule has 1 aromatic heterocycles. The van der Waals surface area contributed by atoms with Gasteiger partial charge >= 0.3 is 0 Å². The molecule has 0 spiro atoms. The van der Waals surface area contributed by atoms with Crippen molar-refractivity contribution < 1.29 is 19.2 Å². The number of aromatic nitrogens is 2. The van der Waals surface area contributed by atoms with Gasteiger partial charge in [-0.15, -0.1) is 0 Å². The molecule has 4 amide bonds. The second-order valence-electron chi connectivity index (χ2n) is 4.69. The lowest BCUT2D eigenvalue weighted by Gasteiger charge is -2.17. The summed E-state index contributed by atoms with van der Waals surface area (Å²) in [7, 11) is 0. The number of nitrogen functional groups attached to an aromatic ring is 1. The summed E-state index contributed by atoms with van der Waals surface area (Å²) in [5, 5.41) is 0. The number of nitrogens with zero attached hydrogens (tertiary/aromatic N) is 4.